The highest BCUT2D eigenvalue weighted by Gasteiger charge is 2.42. The second kappa shape index (κ2) is 5.09. The van der Waals surface area contributed by atoms with Gasteiger partial charge in [0.05, 0.1) is 5.69 Å². The fourth-order valence-electron chi connectivity index (χ4n) is 2.47. The molecule has 1 aromatic rings. The number of amides is 1. The summed E-state index contributed by atoms with van der Waals surface area (Å²) in [5, 5.41) is 0. The molecule has 1 atom stereocenters. The molecule has 0 bridgehead atoms. The van der Waals surface area contributed by atoms with Gasteiger partial charge in [0.15, 0.2) is 0 Å². The molecule has 0 N–H and O–H groups in total. The van der Waals surface area contributed by atoms with Gasteiger partial charge in [-0.25, -0.2) is 9.69 Å². The highest BCUT2D eigenvalue weighted by atomic mass is 16.6. The van der Waals surface area contributed by atoms with Gasteiger partial charge in [-0.15, -0.1) is 0 Å². The smallest absolute Gasteiger partial charge is 0.417 e. The molecule has 1 heterocycles. The van der Waals surface area contributed by atoms with Crippen molar-refractivity contribution in [2.24, 2.45) is 0 Å². The van der Waals surface area contributed by atoms with Crippen molar-refractivity contribution in [2.75, 3.05) is 12.0 Å². The van der Waals surface area contributed by atoms with Gasteiger partial charge >= 0.3 is 6.09 Å². The monoisotopic (exact) mass is 277 g/mol. The number of carbonyl (C=O) groups is 1. The van der Waals surface area contributed by atoms with E-state index in [4.69, 9.17) is 9.47 Å². The molecule has 2 rings (SSSR count). The first-order valence-corrected chi connectivity index (χ1v) is 6.93. The van der Waals surface area contributed by atoms with Crippen LogP contribution in [-0.2, 0) is 15.9 Å². The summed E-state index contributed by atoms with van der Waals surface area (Å²) < 4.78 is 11.1. The van der Waals surface area contributed by atoms with Crippen LogP contribution in [0.5, 0.6) is 0 Å². The average Bonchev–Trinajstić information content (AvgIpc) is 2.36. The highest BCUT2D eigenvalue weighted by Crippen LogP contribution is 2.38. The van der Waals surface area contributed by atoms with Crippen LogP contribution in [0.15, 0.2) is 24.3 Å². The van der Waals surface area contributed by atoms with Crippen molar-refractivity contribution in [2.45, 2.75) is 51.9 Å². The van der Waals surface area contributed by atoms with E-state index >= 15 is 0 Å². The summed E-state index contributed by atoms with van der Waals surface area (Å²) in [4.78, 5) is 14.2. The molecule has 1 aliphatic heterocycles. The third kappa shape index (κ3) is 2.80. The molecule has 0 fully saturated rings. The Balaban J connectivity index is 2.42. The summed E-state index contributed by atoms with van der Waals surface area (Å²) in [6.45, 7) is 7.52. The lowest BCUT2D eigenvalue weighted by atomic mass is 9.94. The summed E-state index contributed by atoms with van der Waals surface area (Å²) in [6, 6.07) is 7.90. The predicted octanol–water partition coefficient (Wildman–Crippen LogP) is 3.74. The number of para-hydroxylation sites is 1. The molecular formula is C16H23NO3. The number of methoxy groups -OCH3 is 1. The Kier molecular flexibility index (Phi) is 3.78. The van der Waals surface area contributed by atoms with Gasteiger partial charge in [-0.05, 0) is 52.2 Å². The van der Waals surface area contributed by atoms with E-state index in [2.05, 4.69) is 0 Å². The van der Waals surface area contributed by atoms with Gasteiger partial charge in [-0.3, -0.25) is 0 Å². The average molecular weight is 277 g/mol. The van der Waals surface area contributed by atoms with Crippen LogP contribution in [0.3, 0.4) is 0 Å². The summed E-state index contributed by atoms with van der Waals surface area (Å²) in [5.41, 5.74) is 0.819. The molecule has 1 unspecified atom stereocenters. The number of carbonyl (C=O) groups excluding carboxylic acids is 1. The molecule has 0 aromatic heterocycles. The molecular weight excluding hydrogens is 254 g/mol. The van der Waals surface area contributed by atoms with Crippen LogP contribution < -0.4 is 4.90 Å². The zero-order chi connectivity index (χ0) is 15.0. The third-order valence-electron chi connectivity index (χ3n) is 3.58. The number of hydrogen-bond donors (Lipinski definition) is 0. The molecule has 1 amide bonds. The first kappa shape index (κ1) is 14.9. The van der Waals surface area contributed by atoms with Gasteiger partial charge in [-0.2, -0.15) is 0 Å². The van der Waals surface area contributed by atoms with Gasteiger partial charge < -0.3 is 9.47 Å². The van der Waals surface area contributed by atoms with Crippen molar-refractivity contribution in [3.8, 4) is 0 Å². The molecule has 20 heavy (non-hydrogen) atoms. The third-order valence-corrected chi connectivity index (χ3v) is 3.58. The first-order chi connectivity index (χ1) is 9.27. The molecule has 0 spiro atoms. The number of hydrogen-bond acceptors (Lipinski definition) is 3. The molecule has 0 aliphatic carbocycles. The normalized spacial score (nSPS) is 22.4. The molecule has 1 aliphatic rings. The van der Waals surface area contributed by atoms with Gasteiger partial charge in [0, 0.05) is 7.11 Å². The van der Waals surface area contributed by atoms with E-state index in [0.717, 1.165) is 24.1 Å². The lowest BCUT2D eigenvalue weighted by Crippen LogP contribution is -2.55. The number of ether oxygens (including phenoxy) is 2. The van der Waals surface area contributed by atoms with Crippen LogP contribution >= 0.6 is 0 Å². The van der Waals surface area contributed by atoms with Crippen LogP contribution in [0.4, 0.5) is 10.5 Å². The Morgan fingerprint density at radius 2 is 1.95 bits per heavy atom. The lowest BCUT2D eigenvalue weighted by Gasteiger charge is -2.44. The SMILES string of the molecule is COC1(C)CCc2ccccc2N1C(=O)OC(C)(C)C. The lowest BCUT2D eigenvalue weighted by molar-refractivity contribution is -0.0180. The molecule has 0 radical (unpaired) electrons. The van der Waals surface area contributed by atoms with Gasteiger partial charge in [0.25, 0.3) is 0 Å². The number of benzene rings is 1. The van der Waals surface area contributed by atoms with Crippen LogP contribution in [0.1, 0.15) is 39.7 Å². The van der Waals surface area contributed by atoms with E-state index in [0.29, 0.717) is 0 Å². The van der Waals surface area contributed by atoms with E-state index in [1.807, 2.05) is 52.0 Å². The van der Waals surface area contributed by atoms with E-state index < -0.39 is 11.3 Å². The van der Waals surface area contributed by atoms with Crippen molar-refractivity contribution < 1.29 is 14.3 Å². The van der Waals surface area contributed by atoms with Crippen molar-refractivity contribution in [1.82, 2.24) is 0 Å². The number of anilines is 1. The summed E-state index contributed by atoms with van der Waals surface area (Å²) in [7, 11) is 1.63. The Hall–Kier alpha value is -1.55. The topological polar surface area (TPSA) is 38.8 Å². The highest BCUT2D eigenvalue weighted by molar-refractivity contribution is 5.90. The van der Waals surface area contributed by atoms with Gasteiger partial charge in [-0.1, -0.05) is 18.2 Å². The Morgan fingerprint density at radius 3 is 2.55 bits per heavy atom. The maximum Gasteiger partial charge on any atom is 0.417 e. The van der Waals surface area contributed by atoms with E-state index in [-0.39, 0.29) is 6.09 Å². The molecule has 4 nitrogen and oxygen atoms in total. The summed E-state index contributed by atoms with van der Waals surface area (Å²) in [6.07, 6.45) is 1.27. The van der Waals surface area contributed by atoms with E-state index in [1.165, 1.54) is 0 Å². The van der Waals surface area contributed by atoms with Gasteiger partial charge in [0.1, 0.15) is 11.3 Å². The standard InChI is InChI=1S/C16H23NO3/c1-15(2,3)20-14(18)17-13-9-7-6-8-12(13)10-11-16(17,4)19-5/h6-9H,10-11H2,1-5H3. The van der Waals surface area contributed by atoms with Gasteiger partial charge in [0.2, 0.25) is 0 Å². The van der Waals surface area contributed by atoms with Crippen LogP contribution in [0.25, 0.3) is 0 Å². The largest absolute Gasteiger partial charge is 0.443 e. The second-order valence-electron chi connectivity index (χ2n) is 6.32. The van der Waals surface area contributed by atoms with Crippen LogP contribution in [-0.4, -0.2) is 24.5 Å². The van der Waals surface area contributed by atoms with Crippen molar-refractivity contribution in [1.29, 1.82) is 0 Å². The zero-order valence-corrected chi connectivity index (χ0v) is 12.9. The number of rotatable bonds is 1. The zero-order valence-electron chi connectivity index (χ0n) is 12.9. The molecule has 110 valence electrons. The molecule has 0 saturated heterocycles. The minimum absolute atomic E-state index is 0.367. The summed E-state index contributed by atoms with van der Waals surface area (Å²) in [5.74, 6) is 0. The molecule has 0 saturated carbocycles. The Morgan fingerprint density at radius 1 is 1.30 bits per heavy atom. The minimum atomic E-state index is -0.670. The van der Waals surface area contributed by atoms with Crippen molar-refractivity contribution >= 4 is 11.8 Å². The number of aryl methyl sites for hydroxylation is 1. The minimum Gasteiger partial charge on any atom is -0.443 e. The van der Waals surface area contributed by atoms with Crippen LogP contribution in [0.2, 0.25) is 0 Å². The predicted molar refractivity (Wildman–Crippen MR) is 78.9 cm³/mol. The maximum absolute atomic E-state index is 12.6. The van der Waals surface area contributed by atoms with Crippen molar-refractivity contribution in [3.63, 3.8) is 0 Å². The fraction of sp³-hybridized carbons (Fsp3) is 0.562. The maximum atomic E-state index is 12.6. The Labute approximate surface area is 120 Å². The van der Waals surface area contributed by atoms with E-state index in [1.54, 1.807) is 12.0 Å². The first-order valence-electron chi connectivity index (χ1n) is 6.93. The molecule has 1 aromatic carbocycles. The quantitative estimate of drug-likeness (QED) is 0.785. The Bertz CT molecular complexity index is 507. The fourth-order valence-corrected chi connectivity index (χ4v) is 2.47. The van der Waals surface area contributed by atoms with E-state index in [9.17, 15) is 4.79 Å². The molecule has 4 heteroatoms. The van der Waals surface area contributed by atoms with Crippen molar-refractivity contribution in [3.05, 3.63) is 29.8 Å². The number of nitrogens with zero attached hydrogens (tertiary/aromatic N) is 1. The van der Waals surface area contributed by atoms with Crippen LogP contribution in [0, 0.1) is 0 Å². The second-order valence-corrected chi connectivity index (χ2v) is 6.32. The summed E-state index contributed by atoms with van der Waals surface area (Å²) >= 11 is 0. The number of fused-ring (bicyclic) bond motifs is 1.